The lowest BCUT2D eigenvalue weighted by Gasteiger charge is -2.29. The van der Waals surface area contributed by atoms with Crippen molar-refractivity contribution in [3.05, 3.63) is 99.0 Å². The maximum atomic E-state index is 13.1. The van der Waals surface area contributed by atoms with Crippen LogP contribution in [-0.4, -0.2) is 29.4 Å². The first kappa shape index (κ1) is 24.9. The maximum absolute atomic E-state index is 13.1. The highest BCUT2D eigenvalue weighted by Crippen LogP contribution is 2.23. The molecule has 1 atom stereocenters. The van der Waals surface area contributed by atoms with Crippen molar-refractivity contribution in [3.8, 4) is 5.75 Å². The van der Waals surface area contributed by atoms with E-state index in [0.29, 0.717) is 20.8 Å². The molecule has 3 aromatic rings. The van der Waals surface area contributed by atoms with Gasteiger partial charge in [0.2, 0.25) is 5.91 Å². The summed E-state index contributed by atoms with van der Waals surface area (Å²) in [7, 11) is 0. The first-order valence-corrected chi connectivity index (χ1v) is 11.4. The molecular weight excluding hydrogens is 483 g/mol. The van der Waals surface area contributed by atoms with E-state index in [-0.39, 0.29) is 31.5 Å². The highest BCUT2D eigenvalue weighted by molar-refractivity contribution is 6.35. The van der Waals surface area contributed by atoms with E-state index in [1.54, 1.807) is 49.4 Å². The molecule has 0 aliphatic carbocycles. The van der Waals surface area contributed by atoms with Gasteiger partial charge in [0, 0.05) is 23.1 Å². The molecule has 0 aliphatic heterocycles. The van der Waals surface area contributed by atoms with Crippen LogP contribution in [0.3, 0.4) is 0 Å². The van der Waals surface area contributed by atoms with Crippen LogP contribution in [0.2, 0.25) is 15.1 Å². The summed E-state index contributed by atoms with van der Waals surface area (Å²) in [6.07, 6.45) is 0. The van der Waals surface area contributed by atoms with Gasteiger partial charge < -0.3 is 15.0 Å². The normalized spacial score (nSPS) is 11.5. The highest BCUT2D eigenvalue weighted by atomic mass is 35.5. The smallest absolute Gasteiger partial charge is 0.261 e. The SMILES string of the molecule is C[C@H](C(=O)NCc1ccc(Cl)cc1Cl)N(Cc1ccccc1)C(=O)COc1ccccc1Cl. The van der Waals surface area contributed by atoms with Crippen molar-refractivity contribution in [2.24, 2.45) is 0 Å². The second-order valence-electron chi connectivity index (χ2n) is 7.36. The summed E-state index contributed by atoms with van der Waals surface area (Å²) in [5, 5.41) is 4.22. The molecule has 3 aromatic carbocycles. The van der Waals surface area contributed by atoms with Gasteiger partial charge in [-0.15, -0.1) is 0 Å². The average molecular weight is 506 g/mol. The van der Waals surface area contributed by atoms with Gasteiger partial charge in [-0.25, -0.2) is 0 Å². The highest BCUT2D eigenvalue weighted by Gasteiger charge is 2.26. The predicted octanol–water partition coefficient (Wildman–Crippen LogP) is 5.76. The number of nitrogens with one attached hydrogen (secondary N) is 1. The van der Waals surface area contributed by atoms with Crippen LogP contribution < -0.4 is 10.1 Å². The summed E-state index contributed by atoms with van der Waals surface area (Å²) in [4.78, 5) is 27.5. The second-order valence-corrected chi connectivity index (χ2v) is 8.61. The number of hydrogen-bond donors (Lipinski definition) is 1. The topological polar surface area (TPSA) is 58.6 Å². The van der Waals surface area contributed by atoms with E-state index in [9.17, 15) is 9.59 Å². The fourth-order valence-electron chi connectivity index (χ4n) is 3.14. The quantitative estimate of drug-likeness (QED) is 0.402. The van der Waals surface area contributed by atoms with Gasteiger partial charge in [-0.1, -0.05) is 83.3 Å². The minimum Gasteiger partial charge on any atom is -0.482 e. The Bertz CT molecular complexity index is 1110. The Morgan fingerprint density at radius 1 is 0.939 bits per heavy atom. The van der Waals surface area contributed by atoms with E-state index in [2.05, 4.69) is 5.32 Å². The van der Waals surface area contributed by atoms with Crippen LogP contribution in [0.25, 0.3) is 0 Å². The third-order valence-corrected chi connectivity index (χ3v) is 5.92. The Balaban J connectivity index is 1.70. The Kier molecular flexibility index (Phi) is 9.01. The third kappa shape index (κ3) is 7.13. The van der Waals surface area contributed by atoms with E-state index in [4.69, 9.17) is 39.5 Å². The molecule has 0 saturated carbocycles. The molecule has 0 aliphatic rings. The summed E-state index contributed by atoms with van der Waals surface area (Å²) >= 11 is 18.2. The lowest BCUT2D eigenvalue weighted by Crippen LogP contribution is -2.48. The number of para-hydroxylation sites is 1. The number of carbonyl (C=O) groups is 2. The van der Waals surface area contributed by atoms with Crippen LogP contribution >= 0.6 is 34.8 Å². The Hall–Kier alpha value is -2.73. The summed E-state index contributed by atoms with van der Waals surface area (Å²) in [5.41, 5.74) is 1.62. The number of carbonyl (C=O) groups excluding carboxylic acids is 2. The molecule has 0 saturated heterocycles. The third-order valence-electron chi connectivity index (χ3n) is 5.02. The fourth-order valence-corrected chi connectivity index (χ4v) is 3.81. The number of benzene rings is 3. The molecule has 5 nitrogen and oxygen atoms in total. The van der Waals surface area contributed by atoms with E-state index < -0.39 is 6.04 Å². The summed E-state index contributed by atoms with van der Waals surface area (Å²) < 4.78 is 5.62. The van der Waals surface area contributed by atoms with E-state index in [0.717, 1.165) is 11.1 Å². The van der Waals surface area contributed by atoms with Gasteiger partial charge in [0.1, 0.15) is 11.8 Å². The van der Waals surface area contributed by atoms with E-state index >= 15 is 0 Å². The van der Waals surface area contributed by atoms with Crippen LogP contribution in [-0.2, 0) is 22.7 Å². The molecule has 8 heteroatoms. The number of ether oxygens (including phenoxy) is 1. The van der Waals surface area contributed by atoms with Gasteiger partial charge >= 0.3 is 0 Å². The van der Waals surface area contributed by atoms with Crippen molar-refractivity contribution < 1.29 is 14.3 Å². The minimum absolute atomic E-state index is 0.211. The standard InChI is InChI=1S/C25H23Cl3N2O3/c1-17(25(32)29-14-19-11-12-20(26)13-22(19)28)30(15-18-7-3-2-4-8-18)24(31)16-33-23-10-6-5-9-21(23)27/h2-13,17H,14-16H2,1H3,(H,29,32)/t17-/m1/s1. The molecule has 33 heavy (non-hydrogen) atoms. The molecular formula is C25H23Cl3N2O3. The van der Waals surface area contributed by atoms with Crippen LogP contribution in [0.4, 0.5) is 0 Å². The zero-order valence-electron chi connectivity index (χ0n) is 17.9. The van der Waals surface area contributed by atoms with Gasteiger partial charge in [-0.2, -0.15) is 0 Å². The van der Waals surface area contributed by atoms with Crippen molar-refractivity contribution in [3.63, 3.8) is 0 Å². The monoisotopic (exact) mass is 504 g/mol. The lowest BCUT2D eigenvalue weighted by molar-refractivity contribution is -0.142. The van der Waals surface area contributed by atoms with Gasteiger partial charge in [0.15, 0.2) is 6.61 Å². The molecule has 0 heterocycles. The molecule has 172 valence electrons. The Morgan fingerprint density at radius 2 is 1.64 bits per heavy atom. The van der Waals surface area contributed by atoms with Crippen molar-refractivity contribution in [1.29, 1.82) is 0 Å². The average Bonchev–Trinajstić information content (AvgIpc) is 2.81. The van der Waals surface area contributed by atoms with Crippen molar-refractivity contribution in [1.82, 2.24) is 10.2 Å². The lowest BCUT2D eigenvalue weighted by atomic mass is 10.1. The van der Waals surface area contributed by atoms with Crippen LogP contribution in [0.15, 0.2) is 72.8 Å². The van der Waals surface area contributed by atoms with Crippen LogP contribution in [0, 0.1) is 0 Å². The zero-order chi connectivity index (χ0) is 23.8. The number of hydrogen-bond acceptors (Lipinski definition) is 3. The fraction of sp³-hybridized carbons (Fsp3) is 0.200. The first-order chi connectivity index (χ1) is 15.8. The summed E-state index contributed by atoms with van der Waals surface area (Å²) in [6, 6.07) is 20.7. The van der Waals surface area contributed by atoms with Gasteiger partial charge in [0.25, 0.3) is 5.91 Å². The molecule has 1 N–H and O–H groups in total. The summed E-state index contributed by atoms with van der Waals surface area (Å²) in [6.45, 7) is 1.89. The van der Waals surface area contributed by atoms with Crippen molar-refractivity contribution in [2.75, 3.05) is 6.61 Å². The second kappa shape index (κ2) is 11.9. The number of amides is 2. The van der Waals surface area contributed by atoms with Gasteiger partial charge in [-0.05, 0) is 42.3 Å². The minimum atomic E-state index is -0.751. The Morgan fingerprint density at radius 3 is 2.33 bits per heavy atom. The van der Waals surface area contributed by atoms with Crippen molar-refractivity contribution in [2.45, 2.75) is 26.1 Å². The molecule has 0 bridgehead atoms. The number of rotatable bonds is 9. The van der Waals surface area contributed by atoms with E-state index in [1.165, 1.54) is 4.90 Å². The van der Waals surface area contributed by atoms with E-state index in [1.807, 2.05) is 30.3 Å². The largest absolute Gasteiger partial charge is 0.482 e. The Labute approximate surface area is 208 Å². The molecule has 3 rings (SSSR count). The van der Waals surface area contributed by atoms with Crippen LogP contribution in [0.5, 0.6) is 5.75 Å². The molecule has 2 amide bonds. The van der Waals surface area contributed by atoms with Crippen molar-refractivity contribution >= 4 is 46.6 Å². The summed E-state index contributed by atoms with van der Waals surface area (Å²) in [5.74, 6) is -0.254. The molecule has 0 aromatic heterocycles. The van der Waals surface area contributed by atoms with Gasteiger partial charge in [0.05, 0.1) is 5.02 Å². The zero-order valence-corrected chi connectivity index (χ0v) is 20.2. The van der Waals surface area contributed by atoms with Gasteiger partial charge in [-0.3, -0.25) is 9.59 Å². The molecule has 0 unspecified atom stereocenters. The predicted molar refractivity (Wildman–Crippen MR) is 132 cm³/mol. The number of halogens is 3. The first-order valence-electron chi connectivity index (χ1n) is 10.3. The maximum Gasteiger partial charge on any atom is 0.261 e. The molecule has 0 spiro atoms. The van der Waals surface area contributed by atoms with Crippen LogP contribution in [0.1, 0.15) is 18.1 Å². The molecule has 0 radical (unpaired) electrons. The molecule has 0 fully saturated rings. The number of nitrogens with zero attached hydrogens (tertiary/aromatic N) is 1.